The average molecular weight is 469 g/mol. The molecule has 0 spiro atoms. The highest BCUT2D eigenvalue weighted by atomic mass is 16.5. The maximum Gasteiger partial charge on any atom is 0.339 e. The molecular weight excluding hydrogens is 436 g/mol. The molecule has 1 saturated heterocycles. The maximum atomic E-state index is 13.3. The van der Waals surface area contributed by atoms with Gasteiger partial charge in [0.1, 0.15) is 0 Å². The first kappa shape index (κ1) is 23.3. The fraction of sp³-hybridized carbons (Fsp3) is 0.367. The Labute approximate surface area is 206 Å². The predicted molar refractivity (Wildman–Crippen MR) is 139 cm³/mol. The lowest BCUT2D eigenvalue weighted by atomic mass is 9.86. The molecule has 3 aromatic rings. The zero-order valence-electron chi connectivity index (χ0n) is 20.8. The molecule has 2 aliphatic rings. The number of fused-ring (bicyclic) bond motifs is 2. The van der Waals surface area contributed by atoms with Crippen molar-refractivity contribution < 1.29 is 14.3 Å². The van der Waals surface area contributed by atoms with Gasteiger partial charge in [-0.25, -0.2) is 9.78 Å². The van der Waals surface area contributed by atoms with Gasteiger partial charge >= 0.3 is 5.97 Å². The third-order valence-corrected chi connectivity index (χ3v) is 7.05. The van der Waals surface area contributed by atoms with Gasteiger partial charge in [-0.15, -0.1) is 0 Å². The number of likely N-dealkylation sites (tertiary alicyclic amines) is 1. The number of hydrogen-bond acceptors (Lipinski definition) is 4. The lowest BCUT2D eigenvalue weighted by Crippen LogP contribution is -2.32. The van der Waals surface area contributed by atoms with Crippen LogP contribution in [0.3, 0.4) is 0 Å². The van der Waals surface area contributed by atoms with Gasteiger partial charge in [0.2, 0.25) is 0 Å². The summed E-state index contributed by atoms with van der Waals surface area (Å²) in [7, 11) is 0. The van der Waals surface area contributed by atoms with E-state index in [0.29, 0.717) is 5.56 Å². The number of ether oxygens (including phenoxy) is 1. The lowest BCUT2D eigenvalue weighted by molar-refractivity contribution is -0.133. The summed E-state index contributed by atoms with van der Waals surface area (Å²) in [4.78, 5) is 32.5. The van der Waals surface area contributed by atoms with E-state index in [0.717, 1.165) is 72.1 Å². The molecule has 1 aliphatic heterocycles. The van der Waals surface area contributed by atoms with Crippen LogP contribution in [0.5, 0.6) is 0 Å². The van der Waals surface area contributed by atoms with E-state index in [1.807, 2.05) is 24.3 Å². The van der Waals surface area contributed by atoms with Crippen molar-refractivity contribution >= 4 is 34.4 Å². The average Bonchev–Trinajstić information content (AvgIpc) is 3.51. The van der Waals surface area contributed by atoms with Crippen molar-refractivity contribution in [2.45, 2.75) is 51.9 Å². The first-order valence-corrected chi connectivity index (χ1v) is 12.5. The minimum Gasteiger partial charge on any atom is -0.452 e. The van der Waals surface area contributed by atoms with E-state index >= 15 is 0 Å². The number of hydrogen-bond donors (Lipinski definition) is 0. The van der Waals surface area contributed by atoms with Crippen molar-refractivity contribution in [3.8, 4) is 0 Å². The first-order chi connectivity index (χ1) is 16.8. The Morgan fingerprint density at radius 3 is 2.43 bits per heavy atom. The molecule has 2 heterocycles. The smallest absolute Gasteiger partial charge is 0.339 e. The number of aromatic nitrogens is 1. The van der Waals surface area contributed by atoms with Gasteiger partial charge in [0.25, 0.3) is 5.91 Å². The van der Waals surface area contributed by atoms with E-state index in [2.05, 4.69) is 51.1 Å². The zero-order valence-corrected chi connectivity index (χ0v) is 20.8. The van der Waals surface area contributed by atoms with Crippen molar-refractivity contribution in [2.24, 2.45) is 0 Å². The highest BCUT2D eigenvalue weighted by Crippen LogP contribution is 2.38. The van der Waals surface area contributed by atoms with E-state index in [1.54, 1.807) is 4.90 Å². The van der Waals surface area contributed by atoms with Crippen LogP contribution in [0, 0.1) is 0 Å². The SMILES string of the molecule is CC(C)(C)c1ccc(/C=C2\CCc3c2nc2ccccc2c3C(=O)OCC(=O)N2CCCC2)cc1. The van der Waals surface area contributed by atoms with E-state index in [1.165, 1.54) is 5.56 Å². The quantitative estimate of drug-likeness (QED) is 0.454. The second kappa shape index (κ2) is 9.29. The molecule has 5 heteroatoms. The van der Waals surface area contributed by atoms with Crippen LogP contribution in [0.15, 0.2) is 48.5 Å². The van der Waals surface area contributed by atoms with Crippen LogP contribution in [0.2, 0.25) is 0 Å². The number of amides is 1. The van der Waals surface area contributed by atoms with Crippen LogP contribution in [0.1, 0.15) is 72.8 Å². The van der Waals surface area contributed by atoms with Gasteiger partial charge in [0.05, 0.1) is 16.8 Å². The number of para-hydroxylation sites is 1. The molecule has 0 radical (unpaired) electrons. The Kier molecular flexibility index (Phi) is 6.18. The summed E-state index contributed by atoms with van der Waals surface area (Å²) in [5.41, 5.74) is 6.74. The number of pyridine rings is 1. The maximum absolute atomic E-state index is 13.3. The summed E-state index contributed by atoms with van der Waals surface area (Å²) in [5, 5.41) is 0.778. The Morgan fingerprint density at radius 1 is 1.00 bits per heavy atom. The van der Waals surface area contributed by atoms with Crippen molar-refractivity contribution in [2.75, 3.05) is 19.7 Å². The van der Waals surface area contributed by atoms with Crippen molar-refractivity contribution in [3.05, 3.63) is 76.5 Å². The van der Waals surface area contributed by atoms with Crippen molar-refractivity contribution in [1.82, 2.24) is 9.88 Å². The second-order valence-corrected chi connectivity index (χ2v) is 10.5. The molecule has 0 atom stereocenters. The van der Waals surface area contributed by atoms with Gasteiger partial charge < -0.3 is 9.64 Å². The summed E-state index contributed by atoms with van der Waals surface area (Å²) in [6.07, 6.45) is 5.73. The van der Waals surface area contributed by atoms with E-state index in [4.69, 9.17) is 9.72 Å². The van der Waals surface area contributed by atoms with Crippen LogP contribution < -0.4 is 0 Å². The standard InChI is InChI=1S/C30H32N2O3/c1-30(2,3)22-13-10-20(11-14-22)18-21-12-15-24-27(23-8-4-5-9-25(23)31-28(21)24)29(34)35-19-26(33)32-16-6-7-17-32/h4-5,8-11,13-14,18H,6-7,12,15-17,19H2,1-3H3/b21-18+. The summed E-state index contributed by atoms with van der Waals surface area (Å²) in [6, 6.07) is 16.3. The number of carbonyl (C=O) groups is 2. The molecule has 1 amide bonds. The van der Waals surface area contributed by atoms with Crippen molar-refractivity contribution in [1.29, 1.82) is 0 Å². The highest BCUT2D eigenvalue weighted by Gasteiger charge is 2.28. The third kappa shape index (κ3) is 4.72. The number of benzene rings is 2. The highest BCUT2D eigenvalue weighted by molar-refractivity contribution is 6.07. The molecular formula is C30H32N2O3. The molecule has 5 rings (SSSR count). The fourth-order valence-electron chi connectivity index (χ4n) is 5.05. The summed E-state index contributed by atoms with van der Waals surface area (Å²) in [6.45, 7) is 7.91. The van der Waals surface area contributed by atoms with E-state index in [-0.39, 0.29) is 17.9 Å². The normalized spacial score (nSPS) is 16.7. The van der Waals surface area contributed by atoms with Gasteiger partial charge in [-0.2, -0.15) is 0 Å². The third-order valence-electron chi connectivity index (χ3n) is 7.05. The molecule has 0 bridgehead atoms. The predicted octanol–water partition coefficient (Wildman–Crippen LogP) is 5.80. The molecule has 35 heavy (non-hydrogen) atoms. The van der Waals surface area contributed by atoms with Crippen LogP contribution >= 0.6 is 0 Å². The number of esters is 1. The summed E-state index contributed by atoms with van der Waals surface area (Å²) >= 11 is 0. The number of carbonyl (C=O) groups excluding carboxylic acids is 2. The molecule has 0 N–H and O–H groups in total. The summed E-state index contributed by atoms with van der Waals surface area (Å²) < 4.78 is 5.56. The van der Waals surface area contributed by atoms with Crippen LogP contribution in [0.4, 0.5) is 0 Å². The zero-order chi connectivity index (χ0) is 24.6. The van der Waals surface area contributed by atoms with Gasteiger partial charge in [-0.1, -0.05) is 63.2 Å². The van der Waals surface area contributed by atoms with Gasteiger partial charge in [-0.3, -0.25) is 4.79 Å². The van der Waals surface area contributed by atoms with E-state index in [9.17, 15) is 9.59 Å². The Hall–Kier alpha value is -3.47. The number of rotatable bonds is 4. The Bertz CT molecular complexity index is 1310. The molecule has 1 fully saturated rings. The molecule has 0 unspecified atom stereocenters. The van der Waals surface area contributed by atoms with Gasteiger partial charge in [-0.05, 0) is 65.5 Å². The number of nitrogens with zero attached hydrogens (tertiary/aromatic N) is 2. The molecule has 180 valence electrons. The monoisotopic (exact) mass is 468 g/mol. The first-order valence-electron chi connectivity index (χ1n) is 12.5. The van der Waals surface area contributed by atoms with Crippen molar-refractivity contribution in [3.63, 3.8) is 0 Å². The van der Waals surface area contributed by atoms with E-state index < -0.39 is 5.97 Å². The fourth-order valence-corrected chi connectivity index (χ4v) is 5.05. The topological polar surface area (TPSA) is 59.5 Å². The van der Waals surface area contributed by atoms with Crippen LogP contribution in [0.25, 0.3) is 22.6 Å². The molecule has 1 aliphatic carbocycles. The largest absolute Gasteiger partial charge is 0.452 e. The molecule has 2 aromatic carbocycles. The minimum atomic E-state index is -0.442. The summed E-state index contributed by atoms with van der Waals surface area (Å²) in [5.74, 6) is -0.562. The van der Waals surface area contributed by atoms with Crippen LogP contribution in [-0.4, -0.2) is 41.5 Å². The van der Waals surface area contributed by atoms with Gasteiger partial charge in [0, 0.05) is 18.5 Å². The van der Waals surface area contributed by atoms with Gasteiger partial charge in [0.15, 0.2) is 6.61 Å². The minimum absolute atomic E-state index is 0.109. The Balaban J connectivity index is 1.47. The molecule has 0 saturated carbocycles. The number of allylic oxidation sites excluding steroid dienone is 1. The van der Waals surface area contributed by atoms with Crippen LogP contribution in [-0.2, 0) is 21.4 Å². The molecule has 1 aromatic heterocycles. The second-order valence-electron chi connectivity index (χ2n) is 10.5. The lowest BCUT2D eigenvalue weighted by Gasteiger charge is -2.18. The molecule has 5 nitrogen and oxygen atoms in total. The Morgan fingerprint density at radius 2 is 1.71 bits per heavy atom.